The Hall–Kier alpha value is -3.92. The van der Waals surface area contributed by atoms with Crippen LogP contribution in [0, 0.1) is 17.1 Å². The molecule has 0 aliphatic carbocycles. The summed E-state index contributed by atoms with van der Waals surface area (Å²) in [4.78, 5) is 18.0. The van der Waals surface area contributed by atoms with Gasteiger partial charge >= 0.3 is 18.8 Å². The third kappa shape index (κ3) is 5.29. The summed E-state index contributed by atoms with van der Waals surface area (Å²) in [6.07, 6.45) is -1.45. The molecule has 1 atom stereocenters. The zero-order valence-electron chi connectivity index (χ0n) is 17.9. The molecule has 10 nitrogen and oxygen atoms in total. The Morgan fingerprint density at radius 3 is 2.57 bits per heavy atom. The number of aromatic nitrogens is 6. The molecule has 4 aromatic rings. The first-order chi connectivity index (χ1) is 17.5. The molecule has 0 aliphatic heterocycles. The first-order valence-electron chi connectivity index (χ1n) is 9.83. The van der Waals surface area contributed by atoms with E-state index in [9.17, 15) is 32.2 Å². The first kappa shape index (κ1) is 26.2. The standard InChI is InChI=1S/C20H9Cl2F4N8O2P/c21-15-10(2-1-3-13(15)23)9-33-16(20(24,25)26)14(19(32-33)37(22)36)18(35)31-12-6-11(7-27)17(28-8-12)34-29-4-5-30-34/h1-6,8H,9H2/p+1. The molecule has 0 bridgehead atoms. The average molecular weight is 572 g/mol. The maximum absolute atomic E-state index is 14.1. The molecule has 1 amide bonds. The van der Waals surface area contributed by atoms with Gasteiger partial charge in [0.2, 0.25) is 11.2 Å². The van der Waals surface area contributed by atoms with E-state index in [4.69, 9.17) is 22.8 Å². The van der Waals surface area contributed by atoms with Crippen LogP contribution in [0.15, 0.2) is 42.9 Å². The van der Waals surface area contributed by atoms with E-state index in [1.807, 2.05) is 6.07 Å². The number of anilines is 1. The van der Waals surface area contributed by atoms with Gasteiger partial charge in [-0.15, -0.1) is 9.90 Å². The van der Waals surface area contributed by atoms with Gasteiger partial charge in [0.1, 0.15) is 23.0 Å². The van der Waals surface area contributed by atoms with Gasteiger partial charge in [0.05, 0.1) is 35.8 Å². The number of nitriles is 1. The Morgan fingerprint density at radius 1 is 1.24 bits per heavy atom. The zero-order chi connectivity index (χ0) is 26.9. The molecule has 188 valence electrons. The summed E-state index contributed by atoms with van der Waals surface area (Å²) >= 11 is 11.5. The van der Waals surface area contributed by atoms with Crippen LogP contribution < -0.4 is 10.8 Å². The van der Waals surface area contributed by atoms with E-state index in [1.165, 1.54) is 24.5 Å². The summed E-state index contributed by atoms with van der Waals surface area (Å²) in [6, 6.07) is 6.46. The molecule has 17 heteroatoms. The fourth-order valence-electron chi connectivity index (χ4n) is 3.30. The second-order valence-corrected chi connectivity index (χ2v) is 9.35. The number of nitrogens with zero attached hydrogens (tertiary/aromatic N) is 7. The molecule has 0 spiro atoms. The summed E-state index contributed by atoms with van der Waals surface area (Å²) in [7, 11) is -3.06. The average Bonchev–Trinajstić information content (AvgIpc) is 3.50. The van der Waals surface area contributed by atoms with Gasteiger partial charge < -0.3 is 5.32 Å². The second-order valence-electron chi connectivity index (χ2n) is 7.14. The van der Waals surface area contributed by atoms with Gasteiger partial charge in [0.15, 0.2) is 11.5 Å². The van der Waals surface area contributed by atoms with Crippen LogP contribution in [-0.4, -0.2) is 35.7 Å². The van der Waals surface area contributed by atoms with E-state index in [2.05, 4.69) is 25.6 Å². The molecule has 3 aromatic heterocycles. The maximum atomic E-state index is 14.1. The largest absolute Gasteiger partial charge is 0.516 e. The second kappa shape index (κ2) is 10.2. The van der Waals surface area contributed by atoms with Crippen molar-refractivity contribution < 1.29 is 26.9 Å². The molecular formula is C20H10Cl2F4N8O2P+. The molecular weight excluding hydrogens is 562 g/mol. The van der Waals surface area contributed by atoms with Crippen LogP contribution >= 0.6 is 30.0 Å². The van der Waals surface area contributed by atoms with Crippen LogP contribution in [0.5, 0.6) is 0 Å². The molecule has 0 fully saturated rings. The number of hydrogen-bond acceptors (Lipinski definition) is 7. The van der Waals surface area contributed by atoms with E-state index in [-0.39, 0.29) is 22.6 Å². The fraction of sp³-hybridized carbons (Fsp3) is 0.100. The summed E-state index contributed by atoms with van der Waals surface area (Å²) in [5, 5.41) is 22.5. The van der Waals surface area contributed by atoms with Gasteiger partial charge in [0, 0.05) is 0 Å². The van der Waals surface area contributed by atoms with Gasteiger partial charge in [-0.05, 0) is 22.3 Å². The van der Waals surface area contributed by atoms with Gasteiger partial charge in [-0.25, -0.2) is 9.37 Å². The van der Waals surface area contributed by atoms with Crippen molar-refractivity contribution in [2.75, 3.05) is 5.32 Å². The molecule has 37 heavy (non-hydrogen) atoms. The number of alkyl halides is 3. The van der Waals surface area contributed by atoms with E-state index in [1.54, 1.807) is 0 Å². The topological polar surface area (TPSA) is 131 Å². The van der Waals surface area contributed by atoms with E-state index in [0.29, 0.717) is 4.68 Å². The van der Waals surface area contributed by atoms with E-state index < -0.39 is 53.3 Å². The lowest BCUT2D eigenvalue weighted by molar-refractivity contribution is -0.144. The molecule has 0 radical (unpaired) electrons. The van der Waals surface area contributed by atoms with Gasteiger partial charge in [-0.3, -0.25) is 9.48 Å². The van der Waals surface area contributed by atoms with Crippen LogP contribution in [0.2, 0.25) is 5.02 Å². The molecule has 0 aliphatic rings. The molecule has 0 saturated carbocycles. The van der Waals surface area contributed by atoms with Crippen molar-refractivity contribution in [2.24, 2.45) is 0 Å². The number of nitrogens with one attached hydrogen (secondary N) is 1. The summed E-state index contributed by atoms with van der Waals surface area (Å²) in [5.74, 6) is -2.25. The van der Waals surface area contributed by atoms with E-state index in [0.717, 1.165) is 23.1 Å². The van der Waals surface area contributed by atoms with E-state index >= 15 is 0 Å². The molecule has 1 N–H and O–H groups in total. The Labute approximate surface area is 215 Å². The highest BCUT2D eigenvalue weighted by molar-refractivity contribution is 7.80. The third-order valence-electron chi connectivity index (χ3n) is 4.80. The minimum absolute atomic E-state index is 0.00537. The molecule has 3 heterocycles. The van der Waals surface area contributed by atoms with Gasteiger partial charge in [0.25, 0.3) is 5.91 Å². The van der Waals surface area contributed by atoms with Crippen molar-refractivity contribution in [3.05, 3.63) is 76.1 Å². The van der Waals surface area contributed by atoms with Crippen molar-refractivity contribution in [2.45, 2.75) is 12.7 Å². The Balaban J connectivity index is 1.77. The molecule has 0 saturated heterocycles. The monoisotopic (exact) mass is 571 g/mol. The number of carbonyl (C=O) groups excluding carboxylic acids is 1. The number of rotatable bonds is 6. The molecule has 1 unspecified atom stereocenters. The number of pyridine rings is 1. The Morgan fingerprint density at radius 2 is 1.95 bits per heavy atom. The predicted molar refractivity (Wildman–Crippen MR) is 123 cm³/mol. The number of amides is 1. The normalized spacial score (nSPS) is 11.8. The van der Waals surface area contributed by atoms with Gasteiger partial charge in [-0.1, -0.05) is 23.7 Å². The van der Waals surface area contributed by atoms with Gasteiger partial charge in [-0.2, -0.15) is 28.6 Å². The number of carbonyl (C=O) groups is 1. The highest BCUT2D eigenvalue weighted by Crippen LogP contribution is 2.37. The quantitative estimate of drug-likeness (QED) is 0.267. The number of benzene rings is 1. The SMILES string of the molecule is N#Cc1cc(NC(=O)c2c([P+](=O)Cl)nn(Cc3cccc(F)c3Cl)c2C(F)(F)F)cnc1-n1nccn1. The first-order valence-corrected chi connectivity index (χ1v) is 12.4. The highest BCUT2D eigenvalue weighted by Gasteiger charge is 2.47. The molecule has 4 rings (SSSR count). The van der Waals surface area contributed by atoms with Crippen LogP contribution in [0.3, 0.4) is 0 Å². The highest BCUT2D eigenvalue weighted by atomic mass is 35.7. The number of halogens is 6. The van der Waals surface area contributed by atoms with Crippen LogP contribution in [0.25, 0.3) is 5.82 Å². The van der Waals surface area contributed by atoms with Crippen LogP contribution in [-0.2, 0) is 17.3 Å². The summed E-state index contributed by atoms with van der Waals surface area (Å²) in [6.45, 7) is -0.711. The third-order valence-corrected chi connectivity index (χ3v) is 6.35. The summed E-state index contributed by atoms with van der Waals surface area (Å²) in [5.41, 5.74) is -3.90. The maximum Gasteiger partial charge on any atom is 0.516 e. The Kier molecular flexibility index (Phi) is 7.22. The van der Waals surface area contributed by atoms with Crippen molar-refractivity contribution in [1.29, 1.82) is 5.26 Å². The predicted octanol–water partition coefficient (Wildman–Crippen LogP) is 4.45. The zero-order valence-corrected chi connectivity index (χ0v) is 20.3. The van der Waals surface area contributed by atoms with Crippen molar-refractivity contribution in [3.8, 4) is 11.9 Å². The van der Waals surface area contributed by atoms with Crippen molar-refractivity contribution >= 4 is 47.0 Å². The van der Waals surface area contributed by atoms with Crippen molar-refractivity contribution in [3.63, 3.8) is 0 Å². The smallest absolute Gasteiger partial charge is 0.320 e. The lowest BCUT2D eigenvalue weighted by atomic mass is 10.2. The lowest BCUT2D eigenvalue weighted by Gasteiger charge is -2.13. The van der Waals surface area contributed by atoms with Crippen LogP contribution in [0.1, 0.15) is 27.2 Å². The van der Waals surface area contributed by atoms with Crippen LogP contribution in [0.4, 0.5) is 23.2 Å². The Bertz CT molecular complexity index is 1570. The minimum Gasteiger partial charge on any atom is -0.320 e. The summed E-state index contributed by atoms with van der Waals surface area (Å²) < 4.78 is 68.7. The minimum atomic E-state index is -5.17. The fourth-order valence-corrected chi connectivity index (χ4v) is 4.40. The molecule has 1 aromatic carbocycles. The number of hydrogen-bond donors (Lipinski definition) is 1. The lowest BCUT2D eigenvalue weighted by Crippen LogP contribution is -2.24. The van der Waals surface area contributed by atoms with Crippen molar-refractivity contribution in [1.82, 2.24) is 29.8 Å².